The molecule has 8 heteroatoms. The second kappa shape index (κ2) is 4.63. The molecule has 0 spiro atoms. The van der Waals surface area contributed by atoms with E-state index < -0.39 is 11.7 Å². The van der Waals surface area contributed by atoms with Crippen molar-refractivity contribution in [2.24, 2.45) is 0 Å². The van der Waals surface area contributed by atoms with Gasteiger partial charge in [0.25, 0.3) is 0 Å². The van der Waals surface area contributed by atoms with Crippen LogP contribution in [-0.2, 0) is 6.18 Å². The lowest BCUT2D eigenvalue weighted by Gasteiger charge is -2.13. The molecular formula is C12H8Cl2F3N3. The number of rotatable bonds is 2. The van der Waals surface area contributed by atoms with Crippen LogP contribution in [0.15, 0.2) is 18.2 Å². The van der Waals surface area contributed by atoms with Crippen molar-refractivity contribution in [2.45, 2.75) is 24.9 Å². The SMILES string of the molecule is FC(F)(F)c1cc(-n2c(Cl)nnc2C2CC2)ccc1Cl. The Labute approximate surface area is 122 Å². The van der Waals surface area contributed by atoms with Crippen LogP contribution in [0.25, 0.3) is 5.69 Å². The Bertz CT molecular complexity index is 662. The number of nitrogens with zero attached hydrogens (tertiary/aromatic N) is 3. The van der Waals surface area contributed by atoms with E-state index in [1.54, 1.807) is 0 Å². The molecule has 0 radical (unpaired) electrons. The van der Waals surface area contributed by atoms with Gasteiger partial charge in [0.15, 0.2) is 0 Å². The maximum absolute atomic E-state index is 12.9. The Hall–Kier alpha value is -1.27. The molecule has 0 atom stereocenters. The van der Waals surface area contributed by atoms with Crippen molar-refractivity contribution in [3.63, 3.8) is 0 Å². The average Bonchev–Trinajstić information content (AvgIpc) is 3.13. The second-order valence-electron chi connectivity index (χ2n) is 4.60. The Kier molecular flexibility index (Phi) is 3.17. The fourth-order valence-corrected chi connectivity index (χ4v) is 2.44. The van der Waals surface area contributed by atoms with E-state index in [-0.39, 0.29) is 21.9 Å². The van der Waals surface area contributed by atoms with Gasteiger partial charge in [0.2, 0.25) is 5.28 Å². The monoisotopic (exact) mass is 321 g/mol. The summed E-state index contributed by atoms with van der Waals surface area (Å²) < 4.78 is 40.1. The third kappa shape index (κ3) is 2.38. The molecule has 0 amide bonds. The largest absolute Gasteiger partial charge is 0.417 e. The Balaban J connectivity index is 2.13. The van der Waals surface area contributed by atoms with E-state index in [4.69, 9.17) is 23.2 Å². The molecule has 0 N–H and O–H groups in total. The summed E-state index contributed by atoms with van der Waals surface area (Å²) >= 11 is 11.5. The van der Waals surface area contributed by atoms with E-state index in [9.17, 15) is 13.2 Å². The van der Waals surface area contributed by atoms with Gasteiger partial charge in [-0.1, -0.05) is 11.6 Å². The number of halogens is 5. The molecule has 0 saturated heterocycles. The zero-order valence-electron chi connectivity index (χ0n) is 9.96. The van der Waals surface area contributed by atoms with Crippen molar-refractivity contribution in [3.8, 4) is 5.69 Å². The van der Waals surface area contributed by atoms with E-state index in [2.05, 4.69) is 10.2 Å². The molecule has 0 bridgehead atoms. The predicted octanol–water partition coefficient (Wildman–Crippen LogP) is 4.47. The smallest absolute Gasteiger partial charge is 0.270 e. The topological polar surface area (TPSA) is 30.7 Å². The van der Waals surface area contributed by atoms with Gasteiger partial charge in [-0.25, -0.2) is 0 Å². The van der Waals surface area contributed by atoms with Crippen molar-refractivity contribution in [1.29, 1.82) is 0 Å². The van der Waals surface area contributed by atoms with E-state index >= 15 is 0 Å². The van der Waals surface area contributed by atoms with E-state index in [0.717, 1.165) is 18.9 Å². The maximum atomic E-state index is 12.9. The number of aromatic nitrogens is 3. The third-order valence-corrected chi connectivity index (χ3v) is 3.68. The molecule has 1 saturated carbocycles. The maximum Gasteiger partial charge on any atom is 0.417 e. The molecule has 106 valence electrons. The van der Waals surface area contributed by atoms with Crippen LogP contribution in [0.2, 0.25) is 10.3 Å². The molecule has 20 heavy (non-hydrogen) atoms. The highest BCUT2D eigenvalue weighted by atomic mass is 35.5. The molecule has 0 unspecified atom stereocenters. The predicted molar refractivity (Wildman–Crippen MR) is 68.4 cm³/mol. The molecule has 1 aliphatic carbocycles. The number of hydrogen-bond donors (Lipinski definition) is 0. The molecule has 1 aromatic heterocycles. The summed E-state index contributed by atoms with van der Waals surface area (Å²) in [5.74, 6) is 0.797. The molecule has 3 rings (SSSR count). The third-order valence-electron chi connectivity index (χ3n) is 3.10. The van der Waals surface area contributed by atoms with Gasteiger partial charge in [-0.2, -0.15) is 13.2 Å². The van der Waals surface area contributed by atoms with E-state index in [0.29, 0.717) is 5.82 Å². The lowest BCUT2D eigenvalue weighted by molar-refractivity contribution is -0.137. The highest BCUT2D eigenvalue weighted by Crippen LogP contribution is 2.42. The Morgan fingerprint density at radius 2 is 1.85 bits per heavy atom. The summed E-state index contributed by atoms with van der Waals surface area (Å²) in [6, 6.07) is 3.63. The minimum Gasteiger partial charge on any atom is -0.270 e. The molecule has 1 heterocycles. The summed E-state index contributed by atoms with van der Waals surface area (Å²) in [5.41, 5.74) is -0.637. The van der Waals surface area contributed by atoms with E-state index in [1.807, 2.05) is 0 Å². The van der Waals surface area contributed by atoms with Gasteiger partial charge in [-0.3, -0.25) is 4.57 Å². The van der Waals surface area contributed by atoms with Crippen LogP contribution >= 0.6 is 23.2 Å². The summed E-state index contributed by atoms with van der Waals surface area (Å²) in [4.78, 5) is 0. The molecule has 1 fully saturated rings. The standard InChI is InChI=1S/C12H8Cl2F3N3/c13-9-4-3-7(5-8(9)12(15,16)17)20-10(6-1-2-6)18-19-11(20)14/h3-6H,1-2H2. The fourth-order valence-electron chi connectivity index (χ4n) is 1.99. The summed E-state index contributed by atoms with van der Waals surface area (Å²) in [7, 11) is 0. The van der Waals surface area contributed by atoms with Crippen molar-refractivity contribution < 1.29 is 13.2 Å². The summed E-state index contributed by atoms with van der Waals surface area (Å²) in [6.07, 6.45) is -2.64. The lowest BCUT2D eigenvalue weighted by Crippen LogP contribution is -2.08. The average molecular weight is 322 g/mol. The molecular weight excluding hydrogens is 314 g/mol. The van der Waals surface area contributed by atoms with Crippen molar-refractivity contribution >= 4 is 23.2 Å². The first-order valence-corrected chi connectivity index (χ1v) is 6.61. The first-order valence-electron chi connectivity index (χ1n) is 5.86. The van der Waals surface area contributed by atoms with Gasteiger partial charge in [-0.05, 0) is 42.6 Å². The minimum atomic E-state index is -4.52. The van der Waals surface area contributed by atoms with Crippen LogP contribution in [0.4, 0.5) is 13.2 Å². The molecule has 0 aliphatic heterocycles. The highest BCUT2D eigenvalue weighted by Gasteiger charge is 2.35. The fraction of sp³-hybridized carbons (Fsp3) is 0.333. The Morgan fingerprint density at radius 3 is 2.45 bits per heavy atom. The Morgan fingerprint density at radius 1 is 1.15 bits per heavy atom. The van der Waals surface area contributed by atoms with Crippen LogP contribution in [0.3, 0.4) is 0 Å². The molecule has 2 aromatic rings. The van der Waals surface area contributed by atoms with Crippen LogP contribution in [0, 0.1) is 0 Å². The van der Waals surface area contributed by atoms with Gasteiger partial charge in [0.05, 0.1) is 16.3 Å². The minimum absolute atomic E-state index is 0.0438. The highest BCUT2D eigenvalue weighted by molar-refractivity contribution is 6.31. The molecule has 1 aliphatic rings. The van der Waals surface area contributed by atoms with Crippen LogP contribution in [-0.4, -0.2) is 14.8 Å². The van der Waals surface area contributed by atoms with Crippen LogP contribution in [0.1, 0.15) is 30.1 Å². The molecule has 1 aromatic carbocycles. The second-order valence-corrected chi connectivity index (χ2v) is 5.34. The zero-order valence-corrected chi connectivity index (χ0v) is 11.5. The van der Waals surface area contributed by atoms with Crippen LogP contribution < -0.4 is 0 Å². The zero-order chi connectivity index (χ0) is 14.5. The van der Waals surface area contributed by atoms with Gasteiger partial charge in [-0.15, -0.1) is 10.2 Å². The number of benzene rings is 1. The first kappa shape index (κ1) is 13.7. The van der Waals surface area contributed by atoms with Gasteiger partial charge < -0.3 is 0 Å². The van der Waals surface area contributed by atoms with Crippen molar-refractivity contribution in [1.82, 2.24) is 14.8 Å². The summed E-state index contributed by atoms with van der Waals surface area (Å²) in [5, 5.41) is 7.36. The van der Waals surface area contributed by atoms with E-state index in [1.165, 1.54) is 16.7 Å². The van der Waals surface area contributed by atoms with Crippen molar-refractivity contribution in [2.75, 3.05) is 0 Å². The first-order chi connectivity index (χ1) is 9.38. The van der Waals surface area contributed by atoms with Gasteiger partial charge >= 0.3 is 6.18 Å². The van der Waals surface area contributed by atoms with Crippen LogP contribution in [0.5, 0.6) is 0 Å². The molecule has 3 nitrogen and oxygen atoms in total. The normalized spacial score (nSPS) is 15.7. The van der Waals surface area contributed by atoms with Gasteiger partial charge in [0, 0.05) is 5.92 Å². The lowest BCUT2D eigenvalue weighted by atomic mass is 10.2. The quantitative estimate of drug-likeness (QED) is 0.817. The number of alkyl halides is 3. The number of hydrogen-bond acceptors (Lipinski definition) is 2. The summed E-state index contributed by atoms with van der Waals surface area (Å²) in [6.45, 7) is 0. The van der Waals surface area contributed by atoms with Gasteiger partial charge in [0.1, 0.15) is 5.82 Å². The van der Waals surface area contributed by atoms with Crippen molar-refractivity contribution in [3.05, 3.63) is 39.9 Å².